The number of aromatic nitrogens is 2. The van der Waals surface area contributed by atoms with Crippen LogP contribution >= 0.6 is 15.9 Å². The van der Waals surface area contributed by atoms with Gasteiger partial charge in [0, 0.05) is 16.7 Å². The van der Waals surface area contributed by atoms with Gasteiger partial charge in [0.25, 0.3) is 5.56 Å². The number of hydrogen-bond donors (Lipinski definition) is 1. The van der Waals surface area contributed by atoms with Crippen molar-refractivity contribution in [3.8, 4) is 0 Å². The van der Waals surface area contributed by atoms with Crippen molar-refractivity contribution in [3.63, 3.8) is 0 Å². The quantitative estimate of drug-likeness (QED) is 0.868. The number of amides is 1. The average molecular weight is 308 g/mol. The summed E-state index contributed by atoms with van der Waals surface area (Å²) in [5.74, 6) is -0.298. The van der Waals surface area contributed by atoms with Crippen LogP contribution in [0.15, 0.2) is 46.3 Å². The van der Waals surface area contributed by atoms with Crippen LogP contribution in [0.3, 0.4) is 0 Å². The highest BCUT2D eigenvalue weighted by atomic mass is 79.9. The fraction of sp³-hybridized carbons (Fsp3) is 0.0833. The largest absolute Gasteiger partial charge is 0.347 e. The van der Waals surface area contributed by atoms with Gasteiger partial charge in [0.15, 0.2) is 0 Å². The van der Waals surface area contributed by atoms with Crippen LogP contribution in [0, 0.1) is 0 Å². The van der Waals surface area contributed by atoms with Gasteiger partial charge in [0.1, 0.15) is 5.65 Å². The highest BCUT2D eigenvalue weighted by Gasteiger charge is 2.03. The lowest BCUT2D eigenvalue weighted by Gasteiger charge is -2.05. The first kappa shape index (κ1) is 12.5. The number of halogens is 1. The third-order valence-corrected chi connectivity index (χ3v) is 2.77. The number of fused-ring (bicyclic) bond motifs is 1. The predicted octanol–water partition coefficient (Wildman–Crippen LogP) is 1.26. The van der Waals surface area contributed by atoms with E-state index in [-0.39, 0.29) is 18.0 Å². The summed E-state index contributed by atoms with van der Waals surface area (Å²) in [4.78, 5) is 27.1. The normalized spacial score (nSPS) is 10.3. The van der Waals surface area contributed by atoms with Gasteiger partial charge >= 0.3 is 0 Å². The minimum atomic E-state index is -0.298. The number of nitrogens with zero attached hydrogens (tertiary/aromatic N) is 2. The summed E-state index contributed by atoms with van der Waals surface area (Å²) in [5.41, 5.74) is 0.857. The molecule has 0 radical (unpaired) electrons. The van der Waals surface area contributed by atoms with Crippen molar-refractivity contribution in [2.45, 2.75) is 6.54 Å². The average Bonchev–Trinajstić information content (AvgIpc) is 2.37. The van der Waals surface area contributed by atoms with Gasteiger partial charge in [-0.25, -0.2) is 4.98 Å². The lowest BCUT2D eigenvalue weighted by atomic mass is 10.3. The summed E-state index contributed by atoms with van der Waals surface area (Å²) < 4.78 is 2.23. The minimum absolute atomic E-state index is 0.191. The molecule has 6 heteroatoms. The molecule has 1 N–H and O–H groups in total. The van der Waals surface area contributed by atoms with Crippen molar-refractivity contribution in [2.24, 2.45) is 0 Å². The minimum Gasteiger partial charge on any atom is -0.347 e. The zero-order valence-electron chi connectivity index (χ0n) is 9.39. The number of hydrogen-bond acceptors (Lipinski definition) is 3. The molecule has 2 aromatic heterocycles. The molecule has 0 saturated heterocycles. The van der Waals surface area contributed by atoms with Crippen molar-refractivity contribution in [1.82, 2.24) is 14.7 Å². The molecule has 2 heterocycles. The van der Waals surface area contributed by atoms with Crippen LogP contribution < -0.4 is 10.9 Å². The van der Waals surface area contributed by atoms with Gasteiger partial charge in [-0.2, -0.15) is 0 Å². The van der Waals surface area contributed by atoms with Crippen molar-refractivity contribution < 1.29 is 4.79 Å². The van der Waals surface area contributed by atoms with E-state index in [0.717, 1.165) is 4.47 Å². The van der Waals surface area contributed by atoms with E-state index in [2.05, 4.69) is 32.8 Å². The molecule has 0 aromatic carbocycles. The Bertz CT molecular complexity index is 679. The highest BCUT2D eigenvalue weighted by molar-refractivity contribution is 9.10. The summed E-state index contributed by atoms with van der Waals surface area (Å²) in [7, 11) is 0. The first-order valence-electron chi connectivity index (χ1n) is 5.18. The van der Waals surface area contributed by atoms with E-state index in [1.165, 1.54) is 16.5 Å². The second-order valence-corrected chi connectivity index (χ2v) is 4.50. The van der Waals surface area contributed by atoms with Crippen molar-refractivity contribution in [1.29, 1.82) is 0 Å². The first-order valence-corrected chi connectivity index (χ1v) is 5.97. The standard InChI is InChI=1S/C12H10BrN3O2/c1-2-11(17)14-6-9-5-12(18)16-7-8(13)3-4-10(16)15-9/h2-5,7H,1,6H2,(H,14,17). The number of carbonyl (C=O) groups is 1. The Morgan fingerprint density at radius 1 is 1.56 bits per heavy atom. The second kappa shape index (κ2) is 5.14. The van der Waals surface area contributed by atoms with Crippen LogP contribution in [0.1, 0.15) is 5.69 Å². The molecule has 2 rings (SSSR count). The fourth-order valence-electron chi connectivity index (χ4n) is 1.47. The SMILES string of the molecule is C=CC(=O)NCc1cc(=O)n2cc(Br)ccc2n1. The van der Waals surface area contributed by atoms with E-state index in [4.69, 9.17) is 0 Å². The number of carbonyl (C=O) groups excluding carboxylic acids is 1. The maximum Gasteiger partial charge on any atom is 0.258 e. The maximum atomic E-state index is 11.8. The van der Waals surface area contributed by atoms with Crippen molar-refractivity contribution in [2.75, 3.05) is 0 Å². The number of pyridine rings is 1. The second-order valence-electron chi connectivity index (χ2n) is 3.58. The Balaban J connectivity index is 2.37. The van der Waals surface area contributed by atoms with Crippen LogP contribution in [0.4, 0.5) is 0 Å². The molecule has 92 valence electrons. The lowest BCUT2D eigenvalue weighted by Crippen LogP contribution is -2.23. The molecule has 2 aromatic rings. The molecule has 0 unspecified atom stereocenters. The summed E-state index contributed by atoms with van der Waals surface area (Å²) in [5, 5.41) is 2.58. The molecule has 0 fully saturated rings. The molecular formula is C12H10BrN3O2. The van der Waals surface area contributed by atoms with Crippen LogP contribution in [0.25, 0.3) is 5.65 Å². The molecule has 0 atom stereocenters. The molecule has 1 amide bonds. The van der Waals surface area contributed by atoms with Crippen LogP contribution in [0.2, 0.25) is 0 Å². The molecule has 18 heavy (non-hydrogen) atoms. The zero-order valence-corrected chi connectivity index (χ0v) is 11.0. The molecule has 0 aliphatic rings. The molecular weight excluding hydrogens is 298 g/mol. The van der Waals surface area contributed by atoms with Crippen molar-refractivity contribution in [3.05, 3.63) is 57.6 Å². The Morgan fingerprint density at radius 3 is 3.06 bits per heavy atom. The molecule has 5 nitrogen and oxygen atoms in total. The van der Waals surface area contributed by atoms with E-state index >= 15 is 0 Å². The van der Waals surface area contributed by atoms with Gasteiger partial charge in [0.2, 0.25) is 5.91 Å². The van der Waals surface area contributed by atoms with E-state index < -0.39 is 0 Å². The predicted molar refractivity (Wildman–Crippen MR) is 71.2 cm³/mol. The smallest absolute Gasteiger partial charge is 0.258 e. The van der Waals surface area contributed by atoms with E-state index in [1.54, 1.807) is 18.3 Å². The summed E-state index contributed by atoms with van der Waals surface area (Å²) >= 11 is 3.29. The molecule has 0 aliphatic heterocycles. The molecule has 0 bridgehead atoms. The van der Waals surface area contributed by atoms with Gasteiger partial charge in [-0.05, 0) is 34.1 Å². The Hall–Kier alpha value is -1.95. The maximum absolute atomic E-state index is 11.8. The molecule has 0 spiro atoms. The molecule has 0 saturated carbocycles. The summed E-state index contributed by atoms with van der Waals surface area (Å²) in [6, 6.07) is 4.92. The lowest BCUT2D eigenvalue weighted by molar-refractivity contribution is -0.116. The Kier molecular flexibility index (Phi) is 3.57. The third kappa shape index (κ3) is 2.65. The summed E-state index contributed by atoms with van der Waals surface area (Å²) in [6.07, 6.45) is 2.82. The van der Waals surface area contributed by atoms with Gasteiger partial charge < -0.3 is 5.32 Å². The van der Waals surface area contributed by atoms with E-state index in [1.807, 2.05) is 0 Å². The monoisotopic (exact) mass is 307 g/mol. The first-order chi connectivity index (χ1) is 8.60. The number of nitrogens with one attached hydrogen (secondary N) is 1. The van der Waals surface area contributed by atoms with Crippen molar-refractivity contribution >= 4 is 27.5 Å². The Labute approximate surface area is 111 Å². The topological polar surface area (TPSA) is 63.5 Å². The van der Waals surface area contributed by atoms with E-state index in [9.17, 15) is 9.59 Å². The van der Waals surface area contributed by atoms with Crippen LogP contribution in [-0.4, -0.2) is 15.3 Å². The van der Waals surface area contributed by atoms with E-state index in [0.29, 0.717) is 11.3 Å². The molecule has 0 aliphatic carbocycles. The van der Waals surface area contributed by atoms with Crippen LogP contribution in [0.5, 0.6) is 0 Å². The summed E-state index contributed by atoms with van der Waals surface area (Å²) in [6.45, 7) is 3.55. The van der Waals surface area contributed by atoms with Gasteiger partial charge in [-0.1, -0.05) is 6.58 Å². The number of rotatable bonds is 3. The van der Waals surface area contributed by atoms with Gasteiger partial charge in [0.05, 0.1) is 12.2 Å². The highest BCUT2D eigenvalue weighted by Crippen LogP contribution is 2.09. The van der Waals surface area contributed by atoms with Crippen LogP contribution in [-0.2, 0) is 11.3 Å². The fourth-order valence-corrected chi connectivity index (χ4v) is 1.80. The van der Waals surface area contributed by atoms with Gasteiger partial charge in [-0.3, -0.25) is 14.0 Å². The Morgan fingerprint density at radius 2 is 2.33 bits per heavy atom. The zero-order chi connectivity index (χ0) is 13.1. The van der Waals surface area contributed by atoms with Gasteiger partial charge in [-0.15, -0.1) is 0 Å². The third-order valence-electron chi connectivity index (χ3n) is 2.31.